The number of rotatable bonds is 2. The predicted molar refractivity (Wildman–Crippen MR) is 65.3 cm³/mol. The number of hydrogen-bond acceptors (Lipinski definition) is 2. The Labute approximate surface area is 102 Å². The van der Waals surface area contributed by atoms with Crippen molar-refractivity contribution in [3.8, 4) is 5.75 Å². The van der Waals surface area contributed by atoms with E-state index in [1.807, 2.05) is 13.8 Å². The first kappa shape index (κ1) is 9.95. The van der Waals surface area contributed by atoms with Gasteiger partial charge in [-0.15, -0.1) is 0 Å². The molecule has 0 amide bonds. The van der Waals surface area contributed by atoms with E-state index in [0.29, 0.717) is 17.8 Å². The second kappa shape index (κ2) is 2.54. The van der Waals surface area contributed by atoms with Crippen molar-refractivity contribution in [1.29, 1.82) is 0 Å². The average Bonchev–Trinajstić information content (AvgIpc) is 2.68. The average molecular weight is 230 g/mol. The van der Waals surface area contributed by atoms with Gasteiger partial charge in [0.05, 0.1) is 12.7 Å². The van der Waals surface area contributed by atoms with Crippen molar-refractivity contribution < 1.29 is 9.84 Å². The molecule has 1 N–H and O–H groups in total. The molecule has 0 radical (unpaired) electrons. The highest BCUT2D eigenvalue weighted by atomic mass is 16.5. The van der Waals surface area contributed by atoms with Gasteiger partial charge in [-0.3, -0.25) is 0 Å². The highest BCUT2D eigenvalue weighted by Crippen LogP contribution is 2.89. The fraction of sp³-hybridized carbons (Fsp3) is 0.600. The molecule has 0 bridgehead atoms. The van der Waals surface area contributed by atoms with Gasteiger partial charge < -0.3 is 9.84 Å². The summed E-state index contributed by atoms with van der Waals surface area (Å²) in [4.78, 5) is 0. The molecule has 90 valence electrons. The number of ether oxygens (including phenoxy) is 1. The Morgan fingerprint density at radius 1 is 1.35 bits per heavy atom. The van der Waals surface area contributed by atoms with Crippen LogP contribution in [0, 0.1) is 11.3 Å². The molecule has 4 rings (SSSR count). The summed E-state index contributed by atoms with van der Waals surface area (Å²) in [6, 6.07) is 6.45. The third-order valence-corrected chi connectivity index (χ3v) is 5.56. The third kappa shape index (κ3) is 0.866. The maximum Gasteiger partial charge on any atom is 0.119 e. The van der Waals surface area contributed by atoms with E-state index in [0.717, 1.165) is 12.2 Å². The van der Waals surface area contributed by atoms with Crippen LogP contribution in [0.5, 0.6) is 5.75 Å². The molecule has 2 fully saturated rings. The third-order valence-electron chi connectivity index (χ3n) is 5.56. The summed E-state index contributed by atoms with van der Waals surface area (Å²) in [6.45, 7) is 3.95. The quantitative estimate of drug-likeness (QED) is 0.846. The first-order chi connectivity index (χ1) is 8.00. The van der Waals surface area contributed by atoms with Crippen LogP contribution >= 0.6 is 0 Å². The molecule has 0 aromatic heterocycles. The fourth-order valence-electron chi connectivity index (χ4n) is 4.75. The molecule has 2 nitrogen and oxygen atoms in total. The Morgan fingerprint density at radius 3 is 2.76 bits per heavy atom. The summed E-state index contributed by atoms with van der Waals surface area (Å²) < 4.78 is 5.30. The molecule has 0 spiro atoms. The van der Waals surface area contributed by atoms with Crippen molar-refractivity contribution in [2.75, 3.05) is 7.11 Å². The fourth-order valence-corrected chi connectivity index (χ4v) is 4.75. The summed E-state index contributed by atoms with van der Waals surface area (Å²) >= 11 is 0. The monoisotopic (exact) mass is 230 g/mol. The van der Waals surface area contributed by atoms with Gasteiger partial charge in [0.25, 0.3) is 0 Å². The van der Waals surface area contributed by atoms with Crippen LogP contribution < -0.4 is 4.74 Å². The maximum atomic E-state index is 10.4. The summed E-state index contributed by atoms with van der Waals surface area (Å²) in [5.41, 5.74) is 2.61. The van der Waals surface area contributed by atoms with Crippen molar-refractivity contribution >= 4 is 0 Å². The second-order valence-corrected chi connectivity index (χ2v) is 6.41. The minimum atomic E-state index is -0.531. The number of fused-ring (bicyclic) bond motifs is 4. The second-order valence-electron chi connectivity index (χ2n) is 6.41. The molecular formula is C15H18O2. The number of benzene rings is 1. The minimum absolute atomic E-state index is 0.194. The van der Waals surface area contributed by atoms with Gasteiger partial charge in [-0.05, 0) is 61.3 Å². The van der Waals surface area contributed by atoms with E-state index < -0.39 is 5.60 Å². The first-order valence-corrected chi connectivity index (χ1v) is 6.41. The van der Waals surface area contributed by atoms with Crippen LogP contribution in [-0.4, -0.2) is 17.8 Å². The summed E-state index contributed by atoms with van der Waals surface area (Å²) in [5, 5.41) is 10.4. The van der Waals surface area contributed by atoms with Crippen molar-refractivity contribution in [1.82, 2.24) is 0 Å². The van der Waals surface area contributed by atoms with Crippen molar-refractivity contribution in [3.05, 3.63) is 29.3 Å². The smallest absolute Gasteiger partial charge is 0.119 e. The predicted octanol–water partition coefficient (Wildman–Crippen LogP) is 2.67. The SMILES string of the molecule is COc1ccc2c(c1)[C@@H]1C[C@@]3(C(C)(C)O)[C@H]1[C@H]23. The topological polar surface area (TPSA) is 29.5 Å². The molecule has 0 aliphatic heterocycles. The zero-order valence-corrected chi connectivity index (χ0v) is 10.5. The Balaban J connectivity index is 1.79. The standard InChI is InChI=1S/C15H18O2/c1-14(2,16)15-7-11-10-6-8(17-3)4-5-9(10)12(15)13(11)15/h4-6,11-13,16H,7H2,1-3H3/t11-,12-,13+,15-/m0/s1. The number of methoxy groups -OCH3 is 1. The Bertz CT molecular complexity index is 514. The van der Waals surface area contributed by atoms with Gasteiger partial charge in [0.1, 0.15) is 5.75 Å². The van der Waals surface area contributed by atoms with E-state index >= 15 is 0 Å². The number of hydrogen-bond donors (Lipinski definition) is 1. The zero-order chi connectivity index (χ0) is 12.0. The van der Waals surface area contributed by atoms with Gasteiger partial charge in [0, 0.05) is 5.41 Å². The van der Waals surface area contributed by atoms with Crippen molar-refractivity contribution in [2.24, 2.45) is 11.3 Å². The summed E-state index contributed by atoms with van der Waals surface area (Å²) in [6.07, 6.45) is 1.16. The highest BCUT2D eigenvalue weighted by Gasteiger charge is 2.83. The van der Waals surface area contributed by atoms with Crippen LogP contribution in [0.3, 0.4) is 0 Å². The molecule has 2 heteroatoms. The summed E-state index contributed by atoms with van der Waals surface area (Å²) in [7, 11) is 1.72. The van der Waals surface area contributed by atoms with E-state index in [1.54, 1.807) is 7.11 Å². The van der Waals surface area contributed by atoms with Crippen LogP contribution in [0.25, 0.3) is 0 Å². The minimum Gasteiger partial charge on any atom is -0.497 e. The summed E-state index contributed by atoms with van der Waals surface area (Å²) in [5.74, 6) is 2.94. The molecule has 4 atom stereocenters. The van der Waals surface area contributed by atoms with Crippen molar-refractivity contribution in [2.45, 2.75) is 37.7 Å². The lowest BCUT2D eigenvalue weighted by Crippen LogP contribution is -2.44. The van der Waals surface area contributed by atoms with Gasteiger partial charge >= 0.3 is 0 Å². The molecule has 3 aliphatic carbocycles. The molecule has 0 saturated heterocycles. The highest BCUT2D eigenvalue weighted by molar-refractivity contribution is 5.59. The van der Waals surface area contributed by atoms with Gasteiger partial charge in [0.15, 0.2) is 0 Å². The van der Waals surface area contributed by atoms with Crippen LogP contribution in [0.1, 0.15) is 43.2 Å². The van der Waals surface area contributed by atoms with Gasteiger partial charge in [0.2, 0.25) is 0 Å². The van der Waals surface area contributed by atoms with Gasteiger partial charge in [-0.1, -0.05) is 6.07 Å². The lowest BCUT2D eigenvalue weighted by Gasteiger charge is -2.45. The molecule has 1 aromatic rings. The van der Waals surface area contributed by atoms with E-state index in [4.69, 9.17) is 4.74 Å². The Morgan fingerprint density at radius 2 is 2.12 bits per heavy atom. The van der Waals surface area contributed by atoms with E-state index in [2.05, 4.69) is 18.2 Å². The zero-order valence-electron chi connectivity index (χ0n) is 10.5. The lowest BCUT2D eigenvalue weighted by atomic mass is 9.62. The molecular weight excluding hydrogens is 212 g/mol. The molecule has 0 heterocycles. The van der Waals surface area contributed by atoms with E-state index in [1.165, 1.54) is 11.1 Å². The van der Waals surface area contributed by atoms with E-state index in [9.17, 15) is 5.11 Å². The Kier molecular flexibility index (Phi) is 1.48. The van der Waals surface area contributed by atoms with Crippen molar-refractivity contribution in [3.63, 3.8) is 0 Å². The molecule has 2 saturated carbocycles. The molecule has 17 heavy (non-hydrogen) atoms. The first-order valence-electron chi connectivity index (χ1n) is 6.41. The molecule has 3 aliphatic rings. The van der Waals surface area contributed by atoms with Crippen LogP contribution in [-0.2, 0) is 0 Å². The largest absolute Gasteiger partial charge is 0.497 e. The number of aliphatic hydroxyl groups is 1. The molecule has 1 aromatic carbocycles. The van der Waals surface area contributed by atoms with Crippen LogP contribution in [0.2, 0.25) is 0 Å². The Hall–Kier alpha value is -1.02. The van der Waals surface area contributed by atoms with Crippen LogP contribution in [0.4, 0.5) is 0 Å². The van der Waals surface area contributed by atoms with Gasteiger partial charge in [-0.2, -0.15) is 0 Å². The van der Waals surface area contributed by atoms with E-state index in [-0.39, 0.29) is 5.41 Å². The maximum absolute atomic E-state index is 10.4. The normalized spacial score (nSPS) is 40.4. The molecule has 0 unspecified atom stereocenters. The van der Waals surface area contributed by atoms with Crippen LogP contribution in [0.15, 0.2) is 18.2 Å². The van der Waals surface area contributed by atoms with Gasteiger partial charge in [-0.25, -0.2) is 0 Å². The lowest BCUT2D eigenvalue weighted by molar-refractivity contribution is -0.0483.